The smallest absolute Gasteiger partial charge is 0.0166 e. The zero-order valence-electron chi connectivity index (χ0n) is 10.9. The van der Waals surface area contributed by atoms with E-state index >= 15 is 0 Å². The predicted octanol–water partition coefficient (Wildman–Crippen LogP) is 2.35. The van der Waals surface area contributed by atoms with Gasteiger partial charge in [0.2, 0.25) is 0 Å². The number of nitrogens with one attached hydrogen (secondary N) is 1. The molecule has 0 aliphatic rings. The molecule has 2 heteroatoms. The average molecular weight is 200 g/mol. The summed E-state index contributed by atoms with van der Waals surface area (Å²) in [5, 5.41) is 3.51. The molecule has 0 aliphatic carbocycles. The maximum atomic E-state index is 3.51. The Bertz CT molecular complexity index is 138. The van der Waals surface area contributed by atoms with Gasteiger partial charge in [0.1, 0.15) is 0 Å². The molecule has 0 aromatic carbocycles. The van der Waals surface area contributed by atoms with Gasteiger partial charge in [-0.1, -0.05) is 27.7 Å². The van der Waals surface area contributed by atoms with E-state index in [1.165, 1.54) is 6.42 Å². The van der Waals surface area contributed by atoms with Crippen molar-refractivity contribution in [3.63, 3.8) is 0 Å². The van der Waals surface area contributed by atoms with Crippen molar-refractivity contribution in [3.05, 3.63) is 0 Å². The van der Waals surface area contributed by atoms with Crippen molar-refractivity contribution in [1.82, 2.24) is 10.2 Å². The van der Waals surface area contributed by atoms with Crippen molar-refractivity contribution in [2.45, 2.75) is 47.1 Å². The van der Waals surface area contributed by atoms with Gasteiger partial charge >= 0.3 is 0 Å². The van der Waals surface area contributed by atoms with E-state index in [2.05, 4.69) is 51.9 Å². The Labute approximate surface area is 90.1 Å². The average Bonchev–Trinajstić information content (AvgIpc) is 1.96. The van der Waals surface area contributed by atoms with Crippen molar-refractivity contribution in [2.75, 3.05) is 26.7 Å². The number of hydrogen-bond donors (Lipinski definition) is 1. The second-order valence-electron chi connectivity index (χ2n) is 5.61. The Morgan fingerprint density at radius 3 is 2.29 bits per heavy atom. The summed E-state index contributed by atoms with van der Waals surface area (Å²) >= 11 is 0. The summed E-state index contributed by atoms with van der Waals surface area (Å²) in [7, 11) is 2.20. The molecule has 1 atom stereocenters. The fourth-order valence-electron chi connectivity index (χ4n) is 1.80. The summed E-state index contributed by atoms with van der Waals surface area (Å²) in [5.74, 6) is 0. The highest BCUT2D eigenvalue weighted by Gasteiger charge is 2.14. The summed E-state index contributed by atoms with van der Waals surface area (Å²) in [6.07, 6.45) is 1.22. The highest BCUT2D eigenvalue weighted by molar-refractivity contribution is 4.70. The van der Waals surface area contributed by atoms with Crippen LogP contribution in [0.4, 0.5) is 0 Å². The molecule has 0 saturated heterocycles. The molecule has 0 aromatic rings. The Kier molecular flexibility index (Phi) is 6.38. The van der Waals surface area contributed by atoms with Crippen LogP contribution in [0.2, 0.25) is 0 Å². The highest BCUT2D eigenvalue weighted by Crippen LogP contribution is 2.13. The van der Waals surface area contributed by atoms with Gasteiger partial charge in [-0.2, -0.15) is 0 Å². The van der Waals surface area contributed by atoms with Crippen LogP contribution >= 0.6 is 0 Å². The minimum Gasteiger partial charge on any atom is -0.313 e. The zero-order valence-corrected chi connectivity index (χ0v) is 10.9. The summed E-state index contributed by atoms with van der Waals surface area (Å²) in [5.41, 5.74) is 0.402. The van der Waals surface area contributed by atoms with E-state index in [0.29, 0.717) is 11.5 Å². The summed E-state index contributed by atoms with van der Waals surface area (Å²) in [6, 6.07) is 0.599. The van der Waals surface area contributed by atoms with Crippen molar-refractivity contribution in [1.29, 1.82) is 0 Å². The fourth-order valence-corrected chi connectivity index (χ4v) is 1.80. The summed E-state index contributed by atoms with van der Waals surface area (Å²) in [4.78, 5) is 2.41. The van der Waals surface area contributed by atoms with Crippen LogP contribution in [-0.4, -0.2) is 37.6 Å². The molecule has 86 valence electrons. The van der Waals surface area contributed by atoms with Crippen molar-refractivity contribution < 1.29 is 0 Å². The molecule has 0 saturated carbocycles. The number of nitrogens with zero attached hydrogens (tertiary/aromatic N) is 1. The molecule has 0 amide bonds. The first-order chi connectivity index (χ1) is 6.35. The highest BCUT2D eigenvalue weighted by atomic mass is 15.1. The predicted molar refractivity (Wildman–Crippen MR) is 64.7 cm³/mol. The lowest BCUT2D eigenvalue weighted by Crippen LogP contribution is -2.40. The molecule has 0 heterocycles. The first-order valence-electron chi connectivity index (χ1n) is 5.77. The number of likely N-dealkylation sites (N-methyl/N-ethyl adjacent to an activating group) is 1. The van der Waals surface area contributed by atoms with Crippen molar-refractivity contribution in [2.24, 2.45) is 5.41 Å². The number of hydrogen-bond acceptors (Lipinski definition) is 2. The molecule has 0 aliphatic heterocycles. The molecule has 0 fully saturated rings. The van der Waals surface area contributed by atoms with Crippen LogP contribution < -0.4 is 5.32 Å². The monoisotopic (exact) mass is 200 g/mol. The molecule has 0 spiro atoms. The van der Waals surface area contributed by atoms with E-state index in [4.69, 9.17) is 0 Å². The van der Waals surface area contributed by atoms with Gasteiger partial charge in [0.15, 0.2) is 0 Å². The summed E-state index contributed by atoms with van der Waals surface area (Å²) in [6.45, 7) is 14.7. The molecule has 0 rings (SSSR count). The van der Waals surface area contributed by atoms with Crippen LogP contribution in [0.15, 0.2) is 0 Å². The first kappa shape index (κ1) is 13.9. The largest absolute Gasteiger partial charge is 0.313 e. The summed E-state index contributed by atoms with van der Waals surface area (Å²) < 4.78 is 0. The first-order valence-corrected chi connectivity index (χ1v) is 5.77. The standard InChI is InChI=1S/C12H28N2/c1-7-8-13-11(2)9-14(6)10-12(3,4)5/h11,13H,7-10H2,1-6H3. The van der Waals surface area contributed by atoms with Crippen LogP contribution in [0.5, 0.6) is 0 Å². The maximum absolute atomic E-state index is 3.51. The van der Waals surface area contributed by atoms with Crippen LogP contribution in [-0.2, 0) is 0 Å². The van der Waals surface area contributed by atoms with Crippen molar-refractivity contribution in [3.8, 4) is 0 Å². The fraction of sp³-hybridized carbons (Fsp3) is 1.00. The molecule has 2 nitrogen and oxygen atoms in total. The van der Waals surface area contributed by atoms with Gasteiger partial charge in [0.25, 0.3) is 0 Å². The minimum atomic E-state index is 0.402. The molecule has 14 heavy (non-hydrogen) atoms. The van der Waals surface area contributed by atoms with E-state index in [-0.39, 0.29) is 0 Å². The van der Waals surface area contributed by atoms with Gasteiger partial charge in [-0.3, -0.25) is 0 Å². The molecule has 0 radical (unpaired) electrons. The van der Waals surface area contributed by atoms with Crippen molar-refractivity contribution >= 4 is 0 Å². The molecular weight excluding hydrogens is 172 g/mol. The van der Waals surface area contributed by atoms with E-state index in [0.717, 1.165) is 19.6 Å². The molecular formula is C12H28N2. The SMILES string of the molecule is CCCNC(C)CN(C)CC(C)(C)C. The quantitative estimate of drug-likeness (QED) is 0.708. The van der Waals surface area contributed by atoms with Crippen LogP contribution in [0.25, 0.3) is 0 Å². The molecule has 0 bridgehead atoms. The van der Waals surface area contributed by atoms with Gasteiger partial charge in [0.05, 0.1) is 0 Å². The Morgan fingerprint density at radius 2 is 1.86 bits per heavy atom. The van der Waals surface area contributed by atoms with Crippen LogP contribution in [0.1, 0.15) is 41.0 Å². The van der Waals surface area contributed by atoms with Gasteiger partial charge in [-0.25, -0.2) is 0 Å². The lowest BCUT2D eigenvalue weighted by molar-refractivity contribution is 0.211. The topological polar surface area (TPSA) is 15.3 Å². The third-order valence-corrected chi connectivity index (χ3v) is 2.07. The van der Waals surface area contributed by atoms with E-state index in [1.807, 2.05) is 0 Å². The third-order valence-electron chi connectivity index (χ3n) is 2.07. The maximum Gasteiger partial charge on any atom is 0.0166 e. The Hall–Kier alpha value is -0.0800. The zero-order chi connectivity index (χ0) is 11.2. The van der Waals surface area contributed by atoms with E-state index < -0.39 is 0 Å². The molecule has 1 unspecified atom stereocenters. The third kappa shape index (κ3) is 8.52. The van der Waals surface area contributed by atoms with Gasteiger partial charge in [-0.15, -0.1) is 0 Å². The van der Waals surface area contributed by atoms with Crippen LogP contribution in [0, 0.1) is 5.41 Å². The van der Waals surface area contributed by atoms with Gasteiger partial charge in [-0.05, 0) is 32.4 Å². The Morgan fingerprint density at radius 1 is 1.29 bits per heavy atom. The molecule has 1 N–H and O–H groups in total. The lowest BCUT2D eigenvalue weighted by atomic mass is 9.96. The second kappa shape index (κ2) is 6.41. The Balaban J connectivity index is 3.65. The van der Waals surface area contributed by atoms with Crippen LogP contribution in [0.3, 0.4) is 0 Å². The van der Waals surface area contributed by atoms with Gasteiger partial charge < -0.3 is 10.2 Å². The second-order valence-corrected chi connectivity index (χ2v) is 5.61. The lowest BCUT2D eigenvalue weighted by Gasteiger charge is -2.28. The van der Waals surface area contributed by atoms with E-state index in [9.17, 15) is 0 Å². The normalized spacial score (nSPS) is 14.8. The number of rotatable bonds is 6. The minimum absolute atomic E-state index is 0.402. The molecule has 0 aromatic heterocycles. The van der Waals surface area contributed by atoms with E-state index in [1.54, 1.807) is 0 Å². The van der Waals surface area contributed by atoms with Gasteiger partial charge in [0, 0.05) is 19.1 Å².